The van der Waals surface area contributed by atoms with E-state index in [1.807, 2.05) is 0 Å². The summed E-state index contributed by atoms with van der Waals surface area (Å²) in [6.07, 6.45) is 0.543. The van der Waals surface area contributed by atoms with Crippen LogP contribution in [0.2, 0.25) is 5.15 Å². The first kappa shape index (κ1) is 12.4. The molecule has 0 saturated heterocycles. The fraction of sp³-hybridized carbons (Fsp3) is 0.571. The van der Waals surface area contributed by atoms with Gasteiger partial charge in [-0.3, -0.25) is 0 Å². The predicted octanol–water partition coefficient (Wildman–Crippen LogP) is -0.267. The van der Waals surface area contributed by atoms with Crippen molar-refractivity contribution in [2.75, 3.05) is 6.54 Å². The van der Waals surface area contributed by atoms with E-state index in [-0.39, 0.29) is 16.7 Å². The fourth-order valence-corrected chi connectivity index (χ4v) is 2.42. The molecule has 0 fully saturated rings. The average molecular weight is 254 g/mol. The van der Waals surface area contributed by atoms with E-state index in [0.29, 0.717) is 0 Å². The summed E-state index contributed by atoms with van der Waals surface area (Å²) in [6, 6.07) is 0. The van der Waals surface area contributed by atoms with Gasteiger partial charge < -0.3 is 9.67 Å². The molecule has 0 bridgehead atoms. The van der Waals surface area contributed by atoms with Crippen LogP contribution >= 0.6 is 11.6 Å². The molecule has 1 aromatic heterocycles. The molecule has 15 heavy (non-hydrogen) atoms. The van der Waals surface area contributed by atoms with Crippen molar-refractivity contribution in [3.05, 3.63) is 11.5 Å². The van der Waals surface area contributed by atoms with Crippen LogP contribution < -0.4 is 4.72 Å². The lowest BCUT2D eigenvalue weighted by atomic mass is 10.4. The fourth-order valence-electron chi connectivity index (χ4n) is 0.873. The van der Waals surface area contributed by atoms with Gasteiger partial charge in [0.25, 0.3) is 10.0 Å². The standard InChI is InChI=1S/C7H12ClN3O3S/c1-5(12)3-10-15(13,14)7-6(8)11(2)4-9-7/h4-5,10,12H,3H2,1-2H3/t5-/m0/s1. The molecule has 0 amide bonds. The van der Waals surface area contributed by atoms with E-state index < -0.39 is 16.1 Å². The number of nitrogens with zero attached hydrogens (tertiary/aromatic N) is 2. The van der Waals surface area contributed by atoms with Crippen molar-refractivity contribution < 1.29 is 13.5 Å². The molecule has 0 spiro atoms. The minimum Gasteiger partial charge on any atom is -0.392 e. The van der Waals surface area contributed by atoms with Crippen molar-refractivity contribution in [3.8, 4) is 0 Å². The number of imidazole rings is 1. The molecular formula is C7H12ClN3O3S. The molecule has 2 N–H and O–H groups in total. The van der Waals surface area contributed by atoms with Gasteiger partial charge in [0, 0.05) is 13.6 Å². The van der Waals surface area contributed by atoms with Gasteiger partial charge in [0.15, 0.2) is 0 Å². The van der Waals surface area contributed by atoms with E-state index in [1.165, 1.54) is 17.8 Å². The van der Waals surface area contributed by atoms with E-state index in [2.05, 4.69) is 9.71 Å². The molecule has 8 heteroatoms. The highest BCUT2D eigenvalue weighted by Crippen LogP contribution is 2.17. The van der Waals surface area contributed by atoms with Gasteiger partial charge >= 0.3 is 0 Å². The average Bonchev–Trinajstić information content (AvgIpc) is 2.45. The maximum atomic E-state index is 11.6. The Hall–Kier alpha value is -0.630. The minimum absolute atomic E-state index is 0.0353. The van der Waals surface area contributed by atoms with Crippen LogP contribution in [0, 0.1) is 0 Å². The summed E-state index contributed by atoms with van der Waals surface area (Å²) in [6.45, 7) is 1.40. The van der Waals surface area contributed by atoms with Gasteiger partial charge in [0.1, 0.15) is 5.15 Å². The topological polar surface area (TPSA) is 84.2 Å². The second-order valence-corrected chi connectivity index (χ2v) is 5.19. The van der Waals surface area contributed by atoms with Crippen molar-refractivity contribution in [2.45, 2.75) is 18.1 Å². The molecule has 1 rings (SSSR count). The lowest BCUT2D eigenvalue weighted by molar-refractivity contribution is 0.198. The molecule has 6 nitrogen and oxygen atoms in total. The van der Waals surface area contributed by atoms with E-state index in [4.69, 9.17) is 16.7 Å². The number of halogens is 1. The molecule has 0 radical (unpaired) electrons. The summed E-state index contributed by atoms with van der Waals surface area (Å²) in [5.41, 5.74) is 0. The molecule has 1 heterocycles. The third-order valence-corrected chi connectivity index (χ3v) is 3.57. The van der Waals surface area contributed by atoms with Crippen LogP contribution in [-0.2, 0) is 17.1 Å². The lowest BCUT2D eigenvalue weighted by Crippen LogP contribution is -2.31. The first-order chi connectivity index (χ1) is 6.84. The number of aryl methyl sites for hydroxylation is 1. The molecule has 1 aromatic rings. The largest absolute Gasteiger partial charge is 0.392 e. The third-order valence-electron chi connectivity index (χ3n) is 1.66. The molecule has 0 saturated carbocycles. The number of nitrogens with one attached hydrogen (secondary N) is 1. The summed E-state index contributed by atoms with van der Waals surface area (Å²) >= 11 is 5.73. The molecule has 86 valence electrons. The quantitative estimate of drug-likeness (QED) is 0.774. The van der Waals surface area contributed by atoms with Crippen LogP contribution in [0.5, 0.6) is 0 Å². The molecule has 0 unspecified atom stereocenters. The maximum absolute atomic E-state index is 11.6. The van der Waals surface area contributed by atoms with Crippen molar-refractivity contribution in [2.24, 2.45) is 7.05 Å². The lowest BCUT2D eigenvalue weighted by Gasteiger charge is -2.06. The van der Waals surface area contributed by atoms with Gasteiger partial charge in [-0.15, -0.1) is 0 Å². The Morgan fingerprint density at radius 1 is 1.73 bits per heavy atom. The summed E-state index contributed by atoms with van der Waals surface area (Å²) in [5, 5.41) is 8.76. The van der Waals surface area contributed by atoms with Crippen molar-refractivity contribution in [1.29, 1.82) is 0 Å². The van der Waals surface area contributed by atoms with Gasteiger partial charge in [-0.2, -0.15) is 0 Å². The summed E-state index contributed by atoms with van der Waals surface area (Å²) in [5.74, 6) is 0. The Bertz CT molecular complexity index is 440. The Kier molecular flexibility index (Phi) is 3.72. The molecule has 0 aliphatic heterocycles. The smallest absolute Gasteiger partial charge is 0.261 e. The molecule has 0 aliphatic rings. The highest BCUT2D eigenvalue weighted by Gasteiger charge is 2.22. The van der Waals surface area contributed by atoms with Crippen molar-refractivity contribution in [3.63, 3.8) is 0 Å². The summed E-state index contributed by atoms with van der Waals surface area (Å²) in [7, 11) is -2.15. The Labute approximate surface area is 92.9 Å². The maximum Gasteiger partial charge on any atom is 0.261 e. The number of hydrogen-bond donors (Lipinski definition) is 2. The summed E-state index contributed by atoms with van der Waals surface area (Å²) in [4.78, 5) is 3.66. The second-order valence-electron chi connectivity index (χ2n) is 3.15. The first-order valence-corrected chi connectivity index (χ1v) is 6.05. The number of sulfonamides is 1. The molecule has 1 atom stereocenters. The zero-order valence-electron chi connectivity index (χ0n) is 8.31. The summed E-state index contributed by atoms with van der Waals surface area (Å²) < 4.78 is 26.8. The minimum atomic E-state index is -3.74. The van der Waals surface area contributed by atoms with Crippen LogP contribution in [-0.4, -0.2) is 35.7 Å². The van der Waals surface area contributed by atoms with Gasteiger partial charge in [0.2, 0.25) is 5.03 Å². The zero-order chi connectivity index (χ0) is 11.6. The first-order valence-electron chi connectivity index (χ1n) is 4.19. The van der Waals surface area contributed by atoms with Crippen molar-refractivity contribution in [1.82, 2.24) is 14.3 Å². The van der Waals surface area contributed by atoms with Gasteiger partial charge in [-0.1, -0.05) is 11.6 Å². The van der Waals surface area contributed by atoms with Crippen LogP contribution in [0.3, 0.4) is 0 Å². The predicted molar refractivity (Wildman–Crippen MR) is 55.1 cm³/mol. The molecule has 0 aliphatic carbocycles. The van der Waals surface area contributed by atoms with Crippen LogP contribution in [0.25, 0.3) is 0 Å². The zero-order valence-corrected chi connectivity index (χ0v) is 9.88. The second kappa shape index (κ2) is 4.48. The normalized spacial score (nSPS) is 14.1. The van der Waals surface area contributed by atoms with Gasteiger partial charge in [-0.05, 0) is 6.92 Å². The highest BCUT2D eigenvalue weighted by molar-refractivity contribution is 7.89. The number of aromatic nitrogens is 2. The Balaban J connectivity index is 2.92. The van der Waals surface area contributed by atoms with Crippen molar-refractivity contribution >= 4 is 21.6 Å². The molecular weight excluding hydrogens is 242 g/mol. The number of aliphatic hydroxyl groups is 1. The SMILES string of the molecule is C[C@H](O)CNS(=O)(=O)c1ncn(C)c1Cl. The van der Waals surface area contributed by atoms with E-state index in [0.717, 1.165) is 0 Å². The Morgan fingerprint density at radius 3 is 2.73 bits per heavy atom. The Morgan fingerprint density at radius 2 is 2.33 bits per heavy atom. The number of rotatable bonds is 4. The van der Waals surface area contributed by atoms with E-state index in [9.17, 15) is 8.42 Å². The number of hydrogen-bond acceptors (Lipinski definition) is 4. The van der Waals surface area contributed by atoms with Crippen LogP contribution in [0.4, 0.5) is 0 Å². The van der Waals surface area contributed by atoms with Crippen LogP contribution in [0.15, 0.2) is 11.4 Å². The van der Waals surface area contributed by atoms with Gasteiger partial charge in [0.05, 0.1) is 12.4 Å². The monoisotopic (exact) mass is 253 g/mol. The highest BCUT2D eigenvalue weighted by atomic mass is 35.5. The molecule has 0 aromatic carbocycles. The number of aliphatic hydroxyl groups excluding tert-OH is 1. The van der Waals surface area contributed by atoms with Gasteiger partial charge in [-0.25, -0.2) is 18.1 Å². The van der Waals surface area contributed by atoms with Crippen LogP contribution in [0.1, 0.15) is 6.92 Å². The van der Waals surface area contributed by atoms with E-state index >= 15 is 0 Å². The third kappa shape index (κ3) is 2.91. The van der Waals surface area contributed by atoms with E-state index in [1.54, 1.807) is 7.05 Å².